The molecule has 1 aromatic rings. The van der Waals surface area contributed by atoms with Gasteiger partial charge >= 0.3 is 0 Å². The smallest absolute Gasteiger partial charge is 0.263 e. The average molecular weight is 310 g/mol. The number of nitrogens with zero attached hydrogens (tertiary/aromatic N) is 2. The number of rotatable bonds is 1. The Hall–Kier alpha value is -2.27. The first kappa shape index (κ1) is 14.3. The number of aryl methyl sites for hydroxylation is 1. The molecule has 3 aliphatic rings. The second-order valence-corrected chi connectivity index (χ2v) is 6.66. The molecule has 0 unspecified atom stereocenters. The highest BCUT2D eigenvalue weighted by Gasteiger charge is 2.64. The van der Waals surface area contributed by atoms with Crippen LogP contribution < -0.4 is 4.90 Å². The van der Waals surface area contributed by atoms with E-state index in [1.807, 2.05) is 45.0 Å². The highest BCUT2D eigenvalue weighted by atomic mass is 16.5. The number of aliphatic imine (C=N–C) groups is 1. The molecule has 0 bridgehead atoms. The van der Waals surface area contributed by atoms with Crippen LogP contribution >= 0.6 is 0 Å². The lowest BCUT2D eigenvalue weighted by atomic mass is 9.85. The number of para-hydroxylation sites is 1. The third-order valence-corrected chi connectivity index (χ3v) is 4.91. The monoisotopic (exact) mass is 310 g/mol. The number of carbonyl (C=O) groups is 2. The summed E-state index contributed by atoms with van der Waals surface area (Å²) in [7, 11) is 0. The number of allylic oxidation sites excluding steroid dienone is 1. The number of hydrogen-bond acceptors (Lipinski definition) is 4. The van der Waals surface area contributed by atoms with Crippen molar-refractivity contribution in [2.75, 3.05) is 4.90 Å². The van der Waals surface area contributed by atoms with Gasteiger partial charge in [0.25, 0.3) is 5.91 Å². The van der Waals surface area contributed by atoms with E-state index in [4.69, 9.17) is 4.74 Å². The minimum atomic E-state index is -0.753. The molecule has 0 spiro atoms. The van der Waals surface area contributed by atoms with E-state index in [1.165, 1.54) is 4.90 Å². The van der Waals surface area contributed by atoms with Gasteiger partial charge in [-0.15, -0.1) is 0 Å². The van der Waals surface area contributed by atoms with Crippen molar-refractivity contribution in [3.63, 3.8) is 0 Å². The van der Waals surface area contributed by atoms with Crippen LogP contribution in [0.15, 0.2) is 40.9 Å². The van der Waals surface area contributed by atoms with Crippen LogP contribution in [0, 0.1) is 12.8 Å². The van der Waals surface area contributed by atoms with Crippen molar-refractivity contribution in [1.29, 1.82) is 0 Å². The Bertz CT molecular complexity index is 782. The Morgan fingerprint density at radius 3 is 2.65 bits per heavy atom. The maximum absolute atomic E-state index is 13.0. The van der Waals surface area contributed by atoms with Crippen molar-refractivity contribution in [2.24, 2.45) is 10.9 Å². The number of anilines is 1. The number of benzene rings is 1. The van der Waals surface area contributed by atoms with Crippen molar-refractivity contribution in [3.05, 3.63) is 41.5 Å². The predicted molar refractivity (Wildman–Crippen MR) is 86.5 cm³/mol. The van der Waals surface area contributed by atoms with Gasteiger partial charge in [-0.05, 0) is 44.1 Å². The fraction of sp³-hybridized carbons (Fsp3) is 0.389. The highest BCUT2D eigenvalue weighted by molar-refractivity contribution is 6.24. The zero-order valence-corrected chi connectivity index (χ0v) is 13.3. The number of fused-ring (bicyclic) bond motifs is 3. The molecule has 3 aliphatic heterocycles. The van der Waals surface area contributed by atoms with Gasteiger partial charge in [0.15, 0.2) is 6.10 Å². The minimum absolute atomic E-state index is 0.215. The van der Waals surface area contributed by atoms with Crippen LogP contribution in [0.2, 0.25) is 0 Å². The number of dihydropyridines is 1. The van der Waals surface area contributed by atoms with Crippen LogP contribution in [0.1, 0.15) is 19.4 Å². The number of ether oxygens (including phenoxy) is 1. The number of imide groups is 1. The fourth-order valence-electron chi connectivity index (χ4n) is 3.89. The Morgan fingerprint density at radius 2 is 1.91 bits per heavy atom. The van der Waals surface area contributed by atoms with E-state index in [2.05, 4.69) is 4.99 Å². The van der Waals surface area contributed by atoms with Gasteiger partial charge in [0.1, 0.15) is 5.60 Å². The zero-order chi connectivity index (χ0) is 16.4. The van der Waals surface area contributed by atoms with Crippen LogP contribution in [0.4, 0.5) is 5.69 Å². The summed E-state index contributed by atoms with van der Waals surface area (Å²) in [6.45, 7) is 5.72. The van der Waals surface area contributed by atoms with Crippen LogP contribution in [-0.2, 0) is 14.3 Å². The van der Waals surface area contributed by atoms with Gasteiger partial charge < -0.3 is 4.74 Å². The van der Waals surface area contributed by atoms with E-state index in [0.29, 0.717) is 5.69 Å². The van der Waals surface area contributed by atoms with Crippen molar-refractivity contribution in [1.82, 2.24) is 0 Å². The summed E-state index contributed by atoms with van der Waals surface area (Å²) >= 11 is 0. The van der Waals surface area contributed by atoms with Crippen LogP contribution in [0.3, 0.4) is 0 Å². The fourth-order valence-corrected chi connectivity index (χ4v) is 3.89. The lowest BCUT2D eigenvalue weighted by molar-refractivity contribution is -0.130. The molecule has 23 heavy (non-hydrogen) atoms. The SMILES string of the molecule is CC1=C[C@]2(C)O[C@@H]3C(=O)N(c4ccccc4C)C(=O)[C@@H]3[C@@H]2N=C1. The molecular weight excluding hydrogens is 292 g/mol. The molecule has 5 heteroatoms. The maximum atomic E-state index is 13.0. The highest BCUT2D eigenvalue weighted by Crippen LogP contribution is 2.46. The van der Waals surface area contributed by atoms with Crippen molar-refractivity contribution in [3.8, 4) is 0 Å². The van der Waals surface area contributed by atoms with Gasteiger partial charge in [-0.2, -0.15) is 0 Å². The second kappa shape index (κ2) is 4.61. The lowest BCUT2D eigenvalue weighted by Crippen LogP contribution is -2.43. The average Bonchev–Trinajstić information content (AvgIpc) is 2.92. The summed E-state index contributed by atoms with van der Waals surface area (Å²) in [5.74, 6) is -1.05. The summed E-state index contributed by atoms with van der Waals surface area (Å²) in [5, 5.41) is 0. The normalized spacial score (nSPS) is 35.3. The third-order valence-electron chi connectivity index (χ3n) is 4.91. The summed E-state index contributed by atoms with van der Waals surface area (Å²) in [5.41, 5.74) is 1.82. The Labute approximate surface area is 134 Å². The molecule has 2 fully saturated rings. The maximum Gasteiger partial charge on any atom is 0.263 e. The van der Waals surface area contributed by atoms with Crippen LogP contribution in [0.25, 0.3) is 0 Å². The molecule has 0 aliphatic carbocycles. The Kier molecular flexibility index (Phi) is 2.87. The van der Waals surface area contributed by atoms with Gasteiger partial charge in [-0.25, -0.2) is 4.90 Å². The quantitative estimate of drug-likeness (QED) is 0.746. The Morgan fingerprint density at radius 1 is 1.17 bits per heavy atom. The number of hydrogen-bond donors (Lipinski definition) is 0. The topological polar surface area (TPSA) is 59.0 Å². The van der Waals surface area contributed by atoms with E-state index in [1.54, 1.807) is 12.3 Å². The summed E-state index contributed by atoms with van der Waals surface area (Å²) in [4.78, 5) is 31.6. The lowest BCUT2D eigenvalue weighted by Gasteiger charge is -2.31. The standard InChI is InChI=1S/C18H18N2O3/c1-10-8-18(3)15(19-9-10)13-14(23-18)17(22)20(16(13)21)12-7-5-4-6-11(12)2/h4-9,13-15H,1-3H3/t13-,14-,15-,18-/m0/s1. The summed E-state index contributed by atoms with van der Waals surface area (Å²) < 4.78 is 6.02. The van der Waals surface area contributed by atoms with Crippen molar-refractivity contribution in [2.45, 2.75) is 38.5 Å². The number of carbonyl (C=O) groups excluding carboxylic acids is 2. The molecule has 2 amide bonds. The van der Waals surface area contributed by atoms with Gasteiger partial charge in [0, 0.05) is 6.21 Å². The molecular formula is C18H18N2O3. The molecule has 4 atom stereocenters. The van der Waals surface area contributed by atoms with Crippen LogP contribution in [0.5, 0.6) is 0 Å². The molecule has 0 N–H and O–H groups in total. The molecule has 0 radical (unpaired) electrons. The molecule has 3 heterocycles. The van der Waals surface area contributed by atoms with Gasteiger partial charge in [-0.1, -0.05) is 18.2 Å². The molecule has 1 aromatic carbocycles. The predicted octanol–water partition coefficient (Wildman–Crippen LogP) is 2.04. The van der Waals surface area contributed by atoms with E-state index in [9.17, 15) is 9.59 Å². The summed E-state index contributed by atoms with van der Waals surface area (Å²) in [6.07, 6.45) is 2.96. The first-order chi connectivity index (χ1) is 10.9. The van der Waals surface area contributed by atoms with Gasteiger partial charge in [0.2, 0.25) is 5.91 Å². The van der Waals surface area contributed by atoms with Crippen molar-refractivity contribution >= 4 is 23.7 Å². The van der Waals surface area contributed by atoms with E-state index in [0.717, 1.165) is 11.1 Å². The largest absolute Gasteiger partial charge is 0.355 e. The van der Waals surface area contributed by atoms with E-state index < -0.39 is 17.6 Å². The Balaban J connectivity index is 1.75. The molecule has 118 valence electrons. The molecule has 0 aromatic heterocycles. The summed E-state index contributed by atoms with van der Waals surface area (Å²) in [6, 6.07) is 7.05. The van der Waals surface area contributed by atoms with Gasteiger partial charge in [0.05, 0.1) is 17.6 Å². The van der Waals surface area contributed by atoms with Crippen molar-refractivity contribution < 1.29 is 14.3 Å². The first-order valence-corrected chi connectivity index (χ1v) is 7.76. The zero-order valence-electron chi connectivity index (χ0n) is 13.3. The first-order valence-electron chi connectivity index (χ1n) is 7.76. The number of amides is 2. The molecule has 2 saturated heterocycles. The molecule has 0 saturated carbocycles. The molecule has 5 nitrogen and oxygen atoms in total. The minimum Gasteiger partial charge on any atom is -0.355 e. The molecule has 4 rings (SSSR count). The van der Waals surface area contributed by atoms with E-state index >= 15 is 0 Å². The van der Waals surface area contributed by atoms with Crippen LogP contribution in [-0.4, -0.2) is 35.8 Å². The third kappa shape index (κ3) is 1.86. The van der Waals surface area contributed by atoms with E-state index in [-0.39, 0.29) is 17.9 Å². The van der Waals surface area contributed by atoms with Gasteiger partial charge in [-0.3, -0.25) is 14.6 Å². The second-order valence-electron chi connectivity index (χ2n) is 6.66.